The fourth-order valence-electron chi connectivity index (χ4n) is 12.7. The topological polar surface area (TPSA) is 209 Å². The van der Waals surface area contributed by atoms with E-state index in [1.54, 1.807) is 46.2 Å². The Bertz CT molecular complexity index is 3680. The Morgan fingerprint density at radius 2 is 1.12 bits per heavy atom. The zero-order valence-electron chi connectivity index (χ0n) is 44.9. The van der Waals surface area contributed by atoms with Crippen molar-refractivity contribution >= 4 is 91.2 Å². The lowest BCUT2D eigenvalue weighted by Gasteiger charge is -2.35. The third-order valence-corrected chi connectivity index (χ3v) is 20.4. The Labute approximate surface area is 496 Å². The lowest BCUT2D eigenvalue weighted by molar-refractivity contribution is -0.127. The highest BCUT2D eigenvalue weighted by molar-refractivity contribution is 7.92. The maximum atomic E-state index is 15.3. The maximum Gasteiger partial charge on any atom is 0.338 e. The normalized spacial score (nSPS) is 24.4. The van der Waals surface area contributed by atoms with Crippen LogP contribution in [0.1, 0.15) is 133 Å². The number of benzene rings is 4. The number of amides is 2. The van der Waals surface area contributed by atoms with Gasteiger partial charge in [0.05, 0.1) is 79.3 Å². The molecule has 3 aliphatic heterocycles. The summed E-state index contributed by atoms with van der Waals surface area (Å²) in [6.45, 7) is 4.28. The summed E-state index contributed by atoms with van der Waals surface area (Å²) in [6, 6.07) is 17.8. The summed E-state index contributed by atoms with van der Waals surface area (Å²) in [6.07, 6.45) is 6.18. The van der Waals surface area contributed by atoms with Crippen LogP contribution in [0, 0.1) is 23.5 Å². The van der Waals surface area contributed by atoms with E-state index in [1.165, 1.54) is 24.3 Å². The second kappa shape index (κ2) is 22.6. The molecule has 83 heavy (non-hydrogen) atoms. The standard InChI is InChI=1S/C34H35Cl2FN2O7S.C26H21Cl2FN2O5/c1-34(2)15-21(10-11-45-34)47(42,43)17-28(40)22-9-8-19(13-27(22)37)39-20-12-23(33(39)41)29(14-20)44-16-24-31(38-46-32(24)18-6-7-18)30-25(35)4-3-5-26(30)36;27-18-2-1-3-19(28)22(18)23-17(24(36-30-23)12-4-5-12)11-35-21-10-14-8-16(21)25(32)31(14)13-6-7-15(26(33)34)20(29)9-13/h3-5,8-9,13,18,20-21,23,29H,6-7,10-12,14-17H2,1-2H3;1-3,6-7,9,12,14,16,21H,4-5,8,10-11H2,(H,33,34)/t20-,21?,23+,29+;14-,16+,21+/m00/s1. The SMILES string of the molecule is CC1(C)CC(S(=O)(=O)CC(=O)c2ccc(N3C(=O)[C@@H]4C[C@H]3C[C@H]4OCc3c(-c4c(Cl)cccc4Cl)noc3C3CC3)cc2F)CCO1.O=C(O)c1ccc(N2C(=O)[C@@H]3C[C@H]2C[C@H]3OCc2c(-c3c(Cl)cccc3Cl)noc2C2CC2)cc1F. The molecule has 7 aliphatic rings. The second-order valence-corrected chi connectivity index (χ2v) is 27.1. The number of Topliss-reactive ketones (excluding diaryl/α,β-unsaturated/α-hetero) is 1. The molecule has 2 amide bonds. The molecule has 7 fully saturated rings. The van der Waals surface area contributed by atoms with Crippen molar-refractivity contribution in [3.63, 3.8) is 0 Å². The van der Waals surface area contributed by atoms with Crippen molar-refractivity contribution in [1.29, 1.82) is 0 Å². The number of rotatable bonds is 17. The van der Waals surface area contributed by atoms with Crippen molar-refractivity contribution in [3.8, 4) is 22.5 Å². The minimum Gasteiger partial charge on any atom is -0.478 e. The maximum absolute atomic E-state index is 15.3. The molecule has 23 heteroatoms. The first-order valence-corrected chi connectivity index (χ1v) is 30.8. The molecular weight excluding hydrogens is 1180 g/mol. The van der Waals surface area contributed by atoms with Gasteiger partial charge in [-0.1, -0.05) is 68.8 Å². The molecule has 2 aromatic heterocycles. The Morgan fingerprint density at radius 3 is 1.52 bits per heavy atom. The minimum atomic E-state index is -3.81. The van der Waals surface area contributed by atoms with E-state index in [2.05, 4.69) is 10.3 Å². The number of fused-ring (bicyclic) bond motifs is 4. The van der Waals surface area contributed by atoms with E-state index in [9.17, 15) is 32.0 Å². The van der Waals surface area contributed by atoms with Crippen LogP contribution in [0.4, 0.5) is 20.2 Å². The molecule has 16 nitrogen and oxygen atoms in total. The molecule has 1 unspecified atom stereocenters. The third kappa shape index (κ3) is 11.2. The molecule has 436 valence electrons. The number of carboxylic acids is 1. The van der Waals surface area contributed by atoms with Gasteiger partial charge in [-0.05, 0) is 139 Å². The quantitative estimate of drug-likeness (QED) is 0.0843. The Hall–Kier alpha value is -5.77. The van der Waals surface area contributed by atoms with Gasteiger partial charge in [0.2, 0.25) is 11.8 Å². The Morgan fingerprint density at radius 1 is 0.675 bits per heavy atom. The number of aromatic carboxylic acids is 1. The molecular formula is C60H56Cl4F2N4O12S. The first-order valence-electron chi connectivity index (χ1n) is 27.6. The number of halogens is 6. The smallest absolute Gasteiger partial charge is 0.338 e. The molecule has 13 rings (SSSR count). The number of ether oxygens (including phenoxy) is 3. The molecule has 0 spiro atoms. The van der Waals surface area contributed by atoms with E-state index in [1.807, 2.05) is 13.8 Å². The average molecular weight is 1240 g/mol. The number of sulfone groups is 1. The molecule has 5 heterocycles. The summed E-state index contributed by atoms with van der Waals surface area (Å²) in [5.74, 6) is -3.72. The van der Waals surface area contributed by atoms with Crippen LogP contribution in [0.15, 0.2) is 81.8 Å². The van der Waals surface area contributed by atoms with Gasteiger partial charge in [0.25, 0.3) is 0 Å². The second-order valence-electron chi connectivity index (χ2n) is 23.2. The average Bonchev–Trinajstić information content (AvgIpc) is 3.66. The Balaban J connectivity index is 0.000000170. The molecule has 7 atom stereocenters. The summed E-state index contributed by atoms with van der Waals surface area (Å²) < 4.78 is 85.3. The van der Waals surface area contributed by atoms with Crippen LogP contribution in [0.25, 0.3) is 22.5 Å². The number of nitrogens with zero attached hydrogens (tertiary/aromatic N) is 4. The van der Waals surface area contributed by atoms with Crippen LogP contribution in [0.5, 0.6) is 0 Å². The summed E-state index contributed by atoms with van der Waals surface area (Å²) in [7, 11) is -3.81. The third-order valence-electron chi connectivity index (χ3n) is 17.1. The largest absolute Gasteiger partial charge is 0.478 e. The van der Waals surface area contributed by atoms with E-state index >= 15 is 4.39 Å². The number of carbonyl (C=O) groups is 4. The molecule has 4 aliphatic carbocycles. The molecule has 4 bridgehead atoms. The summed E-state index contributed by atoms with van der Waals surface area (Å²) in [5, 5.41) is 18.8. The van der Waals surface area contributed by atoms with Gasteiger partial charge >= 0.3 is 5.97 Å². The molecule has 3 saturated heterocycles. The molecule has 4 saturated carbocycles. The lowest BCUT2D eigenvalue weighted by atomic mass is 9.98. The predicted molar refractivity (Wildman–Crippen MR) is 304 cm³/mol. The van der Waals surface area contributed by atoms with Crippen molar-refractivity contribution in [1.82, 2.24) is 10.3 Å². The van der Waals surface area contributed by atoms with Crippen molar-refractivity contribution in [2.75, 3.05) is 22.2 Å². The molecule has 4 aromatic carbocycles. The van der Waals surface area contributed by atoms with E-state index in [0.717, 1.165) is 60.5 Å². The number of hydrogen-bond donors (Lipinski definition) is 1. The van der Waals surface area contributed by atoms with Crippen LogP contribution in [0.3, 0.4) is 0 Å². The number of anilines is 2. The number of aromatic nitrogens is 2. The Kier molecular flexibility index (Phi) is 15.7. The zero-order valence-corrected chi connectivity index (χ0v) is 48.8. The number of ketones is 1. The van der Waals surface area contributed by atoms with Crippen molar-refractivity contribution in [2.24, 2.45) is 11.8 Å². The van der Waals surface area contributed by atoms with Crippen molar-refractivity contribution < 1.29 is 64.7 Å². The molecule has 6 aromatic rings. The molecule has 0 radical (unpaired) electrons. The van der Waals surface area contributed by atoms with Crippen LogP contribution in [0.2, 0.25) is 20.1 Å². The van der Waals surface area contributed by atoms with E-state index in [4.69, 9.17) is 74.8 Å². The first kappa shape index (κ1) is 57.7. The van der Waals surface area contributed by atoms with E-state index in [0.29, 0.717) is 86.1 Å². The summed E-state index contributed by atoms with van der Waals surface area (Å²) in [5.41, 5.74) is 3.18. The zero-order chi connectivity index (χ0) is 58.4. The summed E-state index contributed by atoms with van der Waals surface area (Å²) >= 11 is 25.8. The van der Waals surface area contributed by atoms with Crippen LogP contribution >= 0.6 is 46.4 Å². The highest BCUT2D eigenvalue weighted by atomic mass is 35.5. The van der Waals surface area contributed by atoms with Crippen molar-refractivity contribution in [2.45, 2.75) is 138 Å². The van der Waals surface area contributed by atoms with Gasteiger partial charge in [-0.2, -0.15) is 0 Å². The fraction of sp³-hybridized carbons (Fsp3) is 0.433. The van der Waals surface area contributed by atoms with Crippen LogP contribution in [-0.2, 0) is 46.9 Å². The van der Waals surface area contributed by atoms with Crippen LogP contribution in [-0.4, -0.2) is 94.9 Å². The van der Waals surface area contributed by atoms with Gasteiger partial charge in [0.1, 0.15) is 40.3 Å². The van der Waals surface area contributed by atoms with Crippen molar-refractivity contribution in [3.05, 3.63) is 138 Å². The number of piperidine rings is 2. The number of carboxylic acid groups (broad SMARTS) is 1. The van der Waals surface area contributed by atoms with Gasteiger partial charge < -0.3 is 38.2 Å². The van der Waals surface area contributed by atoms with Gasteiger partial charge in [0, 0.05) is 64.2 Å². The van der Waals surface area contributed by atoms with Gasteiger partial charge in [-0.25, -0.2) is 22.0 Å². The first-order chi connectivity index (χ1) is 39.7. The fourth-order valence-corrected chi connectivity index (χ4v) is 15.7. The molecule has 1 N–H and O–H groups in total. The van der Waals surface area contributed by atoms with Gasteiger partial charge in [-0.15, -0.1) is 0 Å². The highest BCUT2D eigenvalue weighted by Gasteiger charge is 2.54. The monoisotopic (exact) mass is 1230 g/mol. The minimum absolute atomic E-state index is 0.148. The van der Waals surface area contributed by atoms with Crippen LogP contribution < -0.4 is 9.80 Å². The summed E-state index contributed by atoms with van der Waals surface area (Å²) in [4.78, 5) is 53.9. The predicted octanol–water partition coefficient (Wildman–Crippen LogP) is 13.0. The highest BCUT2D eigenvalue weighted by Crippen LogP contribution is 2.50. The van der Waals surface area contributed by atoms with E-state index < -0.39 is 61.3 Å². The van der Waals surface area contributed by atoms with E-state index in [-0.39, 0.29) is 85.7 Å². The van der Waals surface area contributed by atoms with Gasteiger partial charge in [-0.3, -0.25) is 14.4 Å². The van der Waals surface area contributed by atoms with Gasteiger partial charge in [0.15, 0.2) is 15.6 Å². The number of hydrogen-bond acceptors (Lipinski definition) is 13. The number of carbonyl (C=O) groups excluding carboxylic acids is 3. The lowest BCUT2D eigenvalue weighted by Crippen LogP contribution is -2.43.